The summed E-state index contributed by atoms with van der Waals surface area (Å²) >= 11 is 0. The standard InChI is InChI=1S/C15H26N2O3/c1-15(11-20-12-15)14(18)17-4-2-3-13(10-17)9-16-5-7-19-8-6-16/h13H,2-12H2,1H3/t13-/m1/s1. The minimum absolute atomic E-state index is 0.249. The molecule has 0 N–H and O–H groups in total. The molecular formula is C15H26N2O3. The van der Waals surface area contributed by atoms with Gasteiger partial charge in [-0.3, -0.25) is 9.69 Å². The monoisotopic (exact) mass is 282 g/mol. The summed E-state index contributed by atoms with van der Waals surface area (Å²) in [5.41, 5.74) is -0.249. The van der Waals surface area contributed by atoms with Crippen LogP contribution in [0.5, 0.6) is 0 Å². The van der Waals surface area contributed by atoms with E-state index in [-0.39, 0.29) is 5.41 Å². The smallest absolute Gasteiger partial charge is 0.233 e. The predicted octanol–water partition coefficient (Wildman–Crippen LogP) is 0.594. The van der Waals surface area contributed by atoms with Gasteiger partial charge in [0.25, 0.3) is 0 Å². The lowest BCUT2D eigenvalue weighted by Crippen LogP contribution is -2.56. The molecule has 3 saturated heterocycles. The Bertz CT molecular complexity index is 351. The van der Waals surface area contributed by atoms with Gasteiger partial charge in [-0.05, 0) is 25.7 Å². The Hall–Kier alpha value is -0.650. The Morgan fingerprint density at radius 3 is 2.60 bits per heavy atom. The summed E-state index contributed by atoms with van der Waals surface area (Å²) in [6.45, 7) is 9.96. The summed E-state index contributed by atoms with van der Waals surface area (Å²) in [7, 11) is 0. The molecule has 1 amide bonds. The molecule has 1 atom stereocenters. The van der Waals surface area contributed by atoms with E-state index in [9.17, 15) is 4.79 Å². The maximum Gasteiger partial charge on any atom is 0.233 e. The highest BCUT2D eigenvalue weighted by molar-refractivity contribution is 5.83. The van der Waals surface area contributed by atoms with Gasteiger partial charge in [-0.1, -0.05) is 0 Å². The van der Waals surface area contributed by atoms with Crippen molar-refractivity contribution in [1.29, 1.82) is 0 Å². The molecule has 3 aliphatic rings. The molecule has 0 radical (unpaired) electrons. The van der Waals surface area contributed by atoms with E-state index in [2.05, 4.69) is 9.80 Å². The van der Waals surface area contributed by atoms with Crippen molar-refractivity contribution in [3.05, 3.63) is 0 Å². The molecule has 0 unspecified atom stereocenters. The zero-order valence-corrected chi connectivity index (χ0v) is 12.5. The predicted molar refractivity (Wildman–Crippen MR) is 75.5 cm³/mol. The molecule has 0 saturated carbocycles. The summed E-state index contributed by atoms with van der Waals surface area (Å²) in [6, 6.07) is 0. The van der Waals surface area contributed by atoms with Gasteiger partial charge in [-0.15, -0.1) is 0 Å². The first kappa shape index (κ1) is 14.3. The summed E-state index contributed by atoms with van der Waals surface area (Å²) < 4.78 is 10.6. The van der Waals surface area contributed by atoms with Gasteiger partial charge >= 0.3 is 0 Å². The number of piperidine rings is 1. The van der Waals surface area contributed by atoms with E-state index in [1.165, 1.54) is 6.42 Å². The molecule has 0 aromatic carbocycles. The van der Waals surface area contributed by atoms with E-state index in [0.29, 0.717) is 25.0 Å². The molecule has 0 aromatic rings. The Morgan fingerprint density at radius 1 is 1.20 bits per heavy atom. The first-order valence-corrected chi connectivity index (χ1v) is 7.85. The van der Waals surface area contributed by atoms with Crippen LogP contribution in [0.1, 0.15) is 19.8 Å². The minimum Gasteiger partial charge on any atom is -0.379 e. The molecule has 0 aliphatic carbocycles. The minimum atomic E-state index is -0.249. The second-order valence-corrected chi connectivity index (χ2v) is 6.73. The number of likely N-dealkylation sites (tertiary alicyclic amines) is 1. The molecule has 0 spiro atoms. The van der Waals surface area contributed by atoms with Crippen LogP contribution in [0.25, 0.3) is 0 Å². The number of ether oxygens (including phenoxy) is 2. The van der Waals surface area contributed by atoms with E-state index >= 15 is 0 Å². The molecule has 3 fully saturated rings. The Balaban J connectivity index is 1.52. The van der Waals surface area contributed by atoms with Gasteiger partial charge < -0.3 is 14.4 Å². The second kappa shape index (κ2) is 6.00. The summed E-state index contributed by atoms with van der Waals surface area (Å²) in [5, 5.41) is 0. The third kappa shape index (κ3) is 3.00. The van der Waals surface area contributed by atoms with E-state index in [4.69, 9.17) is 9.47 Å². The van der Waals surface area contributed by atoms with Gasteiger partial charge in [-0.25, -0.2) is 0 Å². The molecular weight excluding hydrogens is 256 g/mol. The highest BCUT2D eigenvalue weighted by atomic mass is 16.5. The van der Waals surface area contributed by atoms with Crippen LogP contribution in [0.2, 0.25) is 0 Å². The van der Waals surface area contributed by atoms with Gasteiger partial charge in [0.1, 0.15) is 0 Å². The average Bonchev–Trinajstić information content (AvgIpc) is 2.45. The first-order valence-electron chi connectivity index (χ1n) is 7.85. The van der Waals surface area contributed by atoms with Crippen molar-refractivity contribution in [1.82, 2.24) is 9.80 Å². The van der Waals surface area contributed by atoms with E-state index in [1.807, 2.05) is 6.92 Å². The van der Waals surface area contributed by atoms with Gasteiger partial charge in [0, 0.05) is 32.7 Å². The normalized spacial score (nSPS) is 30.9. The molecule has 3 rings (SSSR count). The van der Waals surface area contributed by atoms with Crippen LogP contribution >= 0.6 is 0 Å². The third-order valence-electron chi connectivity index (χ3n) is 4.78. The van der Waals surface area contributed by atoms with Crippen molar-refractivity contribution in [2.24, 2.45) is 11.3 Å². The van der Waals surface area contributed by atoms with Crippen molar-refractivity contribution < 1.29 is 14.3 Å². The SMILES string of the molecule is CC1(C(=O)N2CCC[C@H](CN3CCOCC3)C2)COC1. The number of nitrogens with zero attached hydrogens (tertiary/aromatic N) is 2. The number of rotatable bonds is 3. The molecule has 20 heavy (non-hydrogen) atoms. The quantitative estimate of drug-likeness (QED) is 0.760. The Morgan fingerprint density at radius 2 is 1.95 bits per heavy atom. The van der Waals surface area contributed by atoms with Crippen molar-refractivity contribution >= 4 is 5.91 Å². The number of amides is 1. The lowest BCUT2D eigenvalue weighted by molar-refractivity contribution is -0.170. The van der Waals surface area contributed by atoms with Crippen LogP contribution in [0, 0.1) is 11.3 Å². The fourth-order valence-corrected chi connectivity index (χ4v) is 3.46. The summed E-state index contributed by atoms with van der Waals surface area (Å²) in [5.74, 6) is 0.922. The maximum atomic E-state index is 12.6. The van der Waals surface area contributed by atoms with Gasteiger partial charge in [0.05, 0.1) is 31.8 Å². The topological polar surface area (TPSA) is 42.0 Å². The molecule has 5 heteroatoms. The van der Waals surface area contributed by atoms with Crippen molar-refractivity contribution in [3.63, 3.8) is 0 Å². The number of morpholine rings is 1. The summed E-state index contributed by atoms with van der Waals surface area (Å²) in [6.07, 6.45) is 2.38. The van der Waals surface area contributed by atoms with E-state index in [1.54, 1.807) is 0 Å². The van der Waals surface area contributed by atoms with E-state index in [0.717, 1.165) is 52.4 Å². The Kier molecular flexibility index (Phi) is 4.29. The van der Waals surface area contributed by atoms with Crippen LogP contribution in [0.3, 0.4) is 0 Å². The lowest BCUT2D eigenvalue weighted by atomic mass is 9.85. The third-order valence-corrected chi connectivity index (χ3v) is 4.78. The van der Waals surface area contributed by atoms with Crippen LogP contribution in [-0.2, 0) is 14.3 Å². The first-order chi connectivity index (χ1) is 9.67. The van der Waals surface area contributed by atoms with Crippen LogP contribution in [0.15, 0.2) is 0 Å². The number of hydrogen-bond donors (Lipinski definition) is 0. The number of carbonyl (C=O) groups is 1. The van der Waals surface area contributed by atoms with Gasteiger partial charge in [0.2, 0.25) is 5.91 Å². The second-order valence-electron chi connectivity index (χ2n) is 6.73. The van der Waals surface area contributed by atoms with Crippen LogP contribution in [0.4, 0.5) is 0 Å². The van der Waals surface area contributed by atoms with Crippen molar-refractivity contribution in [2.75, 3.05) is 59.2 Å². The molecule has 0 aromatic heterocycles. The molecule has 114 valence electrons. The fourth-order valence-electron chi connectivity index (χ4n) is 3.46. The lowest BCUT2D eigenvalue weighted by Gasteiger charge is -2.43. The average molecular weight is 282 g/mol. The zero-order chi connectivity index (χ0) is 14.0. The zero-order valence-electron chi connectivity index (χ0n) is 12.5. The largest absolute Gasteiger partial charge is 0.379 e. The highest BCUT2D eigenvalue weighted by Gasteiger charge is 2.44. The van der Waals surface area contributed by atoms with Crippen molar-refractivity contribution in [2.45, 2.75) is 19.8 Å². The van der Waals surface area contributed by atoms with Crippen LogP contribution in [-0.4, -0.2) is 74.9 Å². The fraction of sp³-hybridized carbons (Fsp3) is 0.933. The van der Waals surface area contributed by atoms with E-state index < -0.39 is 0 Å². The maximum absolute atomic E-state index is 12.6. The molecule has 3 heterocycles. The molecule has 5 nitrogen and oxygen atoms in total. The van der Waals surface area contributed by atoms with Crippen LogP contribution < -0.4 is 0 Å². The van der Waals surface area contributed by atoms with Gasteiger partial charge in [0.15, 0.2) is 0 Å². The number of hydrogen-bond acceptors (Lipinski definition) is 4. The molecule has 3 aliphatic heterocycles. The highest BCUT2D eigenvalue weighted by Crippen LogP contribution is 2.31. The molecule has 0 bridgehead atoms. The van der Waals surface area contributed by atoms with Crippen molar-refractivity contribution in [3.8, 4) is 0 Å². The van der Waals surface area contributed by atoms with Gasteiger partial charge in [-0.2, -0.15) is 0 Å². The summed E-state index contributed by atoms with van der Waals surface area (Å²) in [4.78, 5) is 17.1. The number of carbonyl (C=O) groups excluding carboxylic acids is 1. The Labute approximate surface area is 121 Å².